The van der Waals surface area contributed by atoms with Crippen LogP contribution >= 0.6 is 0 Å². The number of aromatic nitrogens is 2. The number of nitrogens with zero attached hydrogens (tertiary/aromatic N) is 2. The zero-order chi connectivity index (χ0) is 13.1. The van der Waals surface area contributed by atoms with Gasteiger partial charge in [-0.15, -0.1) is 0 Å². The molecule has 0 amide bonds. The van der Waals surface area contributed by atoms with Gasteiger partial charge in [-0.05, 0) is 23.8 Å². The highest BCUT2D eigenvalue weighted by atomic mass is 16.5. The van der Waals surface area contributed by atoms with Gasteiger partial charge in [-0.25, -0.2) is 9.97 Å². The monoisotopic (exact) mass is 250 g/mol. The molecule has 3 heteroatoms. The molecule has 0 saturated heterocycles. The summed E-state index contributed by atoms with van der Waals surface area (Å²) in [6.07, 6.45) is 2.42. The average Bonchev–Trinajstić information content (AvgIpc) is 2.48. The first-order chi connectivity index (χ1) is 9.36. The fraction of sp³-hybridized carbons (Fsp3) is 0.125. The van der Waals surface area contributed by atoms with Crippen molar-refractivity contribution in [2.75, 3.05) is 7.11 Å². The Morgan fingerprint density at radius 2 is 1.74 bits per heavy atom. The Kier molecular flexibility index (Phi) is 3.11. The van der Waals surface area contributed by atoms with Crippen LogP contribution in [-0.4, -0.2) is 17.1 Å². The Balaban J connectivity index is 1.96. The third kappa shape index (κ3) is 2.40. The van der Waals surface area contributed by atoms with E-state index in [0.29, 0.717) is 0 Å². The molecule has 2 aromatic carbocycles. The van der Waals surface area contributed by atoms with Crippen LogP contribution in [0.3, 0.4) is 0 Å². The Morgan fingerprint density at radius 3 is 2.53 bits per heavy atom. The fourth-order valence-corrected chi connectivity index (χ4v) is 2.14. The molecular weight excluding hydrogens is 236 g/mol. The van der Waals surface area contributed by atoms with Crippen molar-refractivity contribution in [2.24, 2.45) is 0 Å². The Bertz CT molecular complexity index is 687. The Morgan fingerprint density at radius 1 is 0.947 bits per heavy atom. The predicted molar refractivity (Wildman–Crippen MR) is 75.3 cm³/mol. The number of fused-ring (bicyclic) bond motifs is 1. The van der Waals surface area contributed by atoms with E-state index >= 15 is 0 Å². The predicted octanol–water partition coefficient (Wildman–Crippen LogP) is 3.23. The summed E-state index contributed by atoms with van der Waals surface area (Å²) in [6, 6.07) is 16.2. The third-order valence-electron chi connectivity index (χ3n) is 3.16. The molecule has 0 fully saturated rings. The summed E-state index contributed by atoms with van der Waals surface area (Å²) in [6.45, 7) is 0. The summed E-state index contributed by atoms with van der Waals surface area (Å²) in [5, 5.41) is 1.11. The van der Waals surface area contributed by atoms with Gasteiger partial charge in [0.05, 0.1) is 18.3 Å². The number of rotatable bonds is 3. The Hall–Kier alpha value is -2.42. The molecule has 0 saturated carbocycles. The maximum atomic E-state index is 5.16. The first kappa shape index (κ1) is 11.7. The molecule has 1 aromatic heterocycles. The summed E-state index contributed by atoms with van der Waals surface area (Å²) in [5.41, 5.74) is 3.25. The van der Waals surface area contributed by atoms with Crippen molar-refractivity contribution >= 4 is 10.9 Å². The lowest BCUT2D eigenvalue weighted by Crippen LogP contribution is -1.95. The molecule has 0 aliphatic carbocycles. The van der Waals surface area contributed by atoms with E-state index in [0.717, 1.165) is 28.8 Å². The second kappa shape index (κ2) is 5.06. The molecule has 0 N–H and O–H groups in total. The SMILES string of the molecule is COc1ccc(Cc2ncnc3ccccc23)cc1. The van der Waals surface area contributed by atoms with E-state index in [1.807, 2.05) is 30.3 Å². The molecule has 0 radical (unpaired) electrons. The van der Waals surface area contributed by atoms with Gasteiger partial charge in [0.25, 0.3) is 0 Å². The van der Waals surface area contributed by atoms with Crippen molar-refractivity contribution in [3.05, 3.63) is 66.1 Å². The van der Waals surface area contributed by atoms with Crippen LogP contribution in [0.4, 0.5) is 0 Å². The molecule has 0 spiro atoms. The third-order valence-corrected chi connectivity index (χ3v) is 3.16. The smallest absolute Gasteiger partial charge is 0.118 e. The van der Waals surface area contributed by atoms with Crippen molar-refractivity contribution in [3.8, 4) is 5.75 Å². The molecule has 94 valence electrons. The van der Waals surface area contributed by atoms with Crippen LogP contribution in [0.1, 0.15) is 11.3 Å². The van der Waals surface area contributed by atoms with Crippen LogP contribution in [0.5, 0.6) is 5.75 Å². The van der Waals surface area contributed by atoms with Gasteiger partial charge in [-0.3, -0.25) is 0 Å². The first-order valence-corrected chi connectivity index (χ1v) is 6.18. The minimum atomic E-state index is 0.799. The lowest BCUT2D eigenvalue weighted by atomic mass is 10.1. The summed E-state index contributed by atoms with van der Waals surface area (Å²) >= 11 is 0. The highest BCUT2D eigenvalue weighted by Crippen LogP contribution is 2.19. The average molecular weight is 250 g/mol. The van der Waals surface area contributed by atoms with Crippen LogP contribution < -0.4 is 4.74 Å². The standard InChI is InChI=1S/C16H14N2O/c1-19-13-8-6-12(7-9-13)10-16-14-4-2-3-5-15(14)17-11-18-16/h2-9,11H,10H2,1H3. The quantitative estimate of drug-likeness (QED) is 0.715. The largest absolute Gasteiger partial charge is 0.497 e. The van der Waals surface area contributed by atoms with Gasteiger partial charge in [0.15, 0.2) is 0 Å². The van der Waals surface area contributed by atoms with Crippen molar-refractivity contribution in [1.82, 2.24) is 9.97 Å². The molecule has 3 aromatic rings. The fourth-order valence-electron chi connectivity index (χ4n) is 2.14. The van der Waals surface area contributed by atoms with Crippen LogP contribution in [0, 0.1) is 0 Å². The van der Waals surface area contributed by atoms with E-state index in [1.54, 1.807) is 13.4 Å². The van der Waals surface area contributed by atoms with Crippen molar-refractivity contribution < 1.29 is 4.74 Å². The van der Waals surface area contributed by atoms with Crippen molar-refractivity contribution in [3.63, 3.8) is 0 Å². The zero-order valence-electron chi connectivity index (χ0n) is 10.7. The molecule has 1 heterocycles. The van der Waals surface area contributed by atoms with Crippen LogP contribution in [0.2, 0.25) is 0 Å². The van der Waals surface area contributed by atoms with Crippen LogP contribution in [0.25, 0.3) is 10.9 Å². The zero-order valence-corrected chi connectivity index (χ0v) is 10.7. The number of para-hydroxylation sites is 1. The highest BCUT2D eigenvalue weighted by Gasteiger charge is 2.04. The molecule has 0 aliphatic rings. The second-order valence-corrected chi connectivity index (χ2v) is 4.36. The van der Waals surface area contributed by atoms with Gasteiger partial charge in [0, 0.05) is 11.8 Å². The van der Waals surface area contributed by atoms with E-state index in [2.05, 4.69) is 28.2 Å². The number of methoxy groups -OCH3 is 1. The number of hydrogen-bond donors (Lipinski definition) is 0. The lowest BCUT2D eigenvalue weighted by Gasteiger charge is -2.06. The molecular formula is C16H14N2O. The molecule has 0 unspecified atom stereocenters. The normalized spacial score (nSPS) is 10.6. The second-order valence-electron chi connectivity index (χ2n) is 4.36. The van der Waals surface area contributed by atoms with Crippen LogP contribution in [-0.2, 0) is 6.42 Å². The van der Waals surface area contributed by atoms with Crippen molar-refractivity contribution in [2.45, 2.75) is 6.42 Å². The van der Waals surface area contributed by atoms with Gasteiger partial charge in [-0.2, -0.15) is 0 Å². The summed E-state index contributed by atoms with van der Waals surface area (Å²) < 4.78 is 5.16. The first-order valence-electron chi connectivity index (χ1n) is 6.18. The molecule has 19 heavy (non-hydrogen) atoms. The van der Waals surface area contributed by atoms with E-state index in [1.165, 1.54) is 5.56 Å². The van der Waals surface area contributed by atoms with Crippen molar-refractivity contribution in [1.29, 1.82) is 0 Å². The maximum Gasteiger partial charge on any atom is 0.118 e. The number of hydrogen-bond acceptors (Lipinski definition) is 3. The van der Waals surface area contributed by atoms with Gasteiger partial charge in [-0.1, -0.05) is 30.3 Å². The van der Waals surface area contributed by atoms with Crippen LogP contribution in [0.15, 0.2) is 54.9 Å². The molecule has 3 rings (SSSR count). The summed E-state index contributed by atoms with van der Waals surface area (Å²) in [7, 11) is 1.67. The summed E-state index contributed by atoms with van der Waals surface area (Å²) in [4.78, 5) is 8.68. The van der Waals surface area contributed by atoms with Gasteiger partial charge >= 0.3 is 0 Å². The highest BCUT2D eigenvalue weighted by molar-refractivity contribution is 5.80. The topological polar surface area (TPSA) is 35.0 Å². The minimum absolute atomic E-state index is 0.799. The van der Waals surface area contributed by atoms with Gasteiger partial charge in [0.1, 0.15) is 12.1 Å². The van der Waals surface area contributed by atoms with E-state index in [-0.39, 0.29) is 0 Å². The molecule has 3 nitrogen and oxygen atoms in total. The van der Waals surface area contributed by atoms with Gasteiger partial charge < -0.3 is 4.74 Å². The molecule has 0 bridgehead atoms. The van der Waals surface area contributed by atoms with Gasteiger partial charge in [0.2, 0.25) is 0 Å². The maximum absolute atomic E-state index is 5.16. The number of benzene rings is 2. The molecule has 0 aliphatic heterocycles. The molecule has 0 atom stereocenters. The Labute approximate surface area is 111 Å². The summed E-state index contributed by atoms with van der Waals surface area (Å²) in [5.74, 6) is 0.872. The lowest BCUT2D eigenvalue weighted by molar-refractivity contribution is 0.414. The van der Waals surface area contributed by atoms with E-state index in [4.69, 9.17) is 4.74 Å². The number of ether oxygens (including phenoxy) is 1. The van der Waals surface area contributed by atoms with E-state index in [9.17, 15) is 0 Å². The van der Waals surface area contributed by atoms with E-state index < -0.39 is 0 Å². The minimum Gasteiger partial charge on any atom is -0.497 e.